The highest BCUT2D eigenvalue weighted by Gasteiger charge is 2.01. The molecule has 0 unspecified atom stereocenters. The predicted molar refractivity (Wildman–Crippen MR) is 54.2 cm³/mol. The van der Waals surface area contributed by atoms with E-state index in [9.17, 15) is 5.11 Å². The molecule has 1 rings (SSSR count). The Morgan fingerprint density at radius 1 is 1.36 bits per heavy atom. The molecule has 3 nitrogen and oxygen atoms in total. The number of hydrogen-bond acceptors (Lipinski definition) is 3. The monoisotopic (exact) mass is 196 g/mol. The summed E-state index contributed by atoms with van der Waals surface area (Å²) in [6.45, 7) is 0.604. The minimum absolute atomic E-state index is 0.181. The van der Waals surface area contributed by atoms with Crippen molar-refractivity contribution in [3.63, 3.8) is 0 Å². The molecule has 2 N–H and O–H groups in total. The first kappa shape index (κ1) is 11.0. The Morgan fingerprint density at radius 2 is 2.14 bits per heavy atom. The van der Waals surface area contributed by atoms with Gasteiger partial charge in [0.15, 0.2) is 0 Å². The number of phenols is 1. The number of hydrogen-bond donors (Lipinski definition) is 2. The van der Waals surface area contributed by atoms with Gasteiger partial charge in [0, 0.05) is 19.3 Å². The van der Waals surface area contributed by atoms with Crippen molar-refractivity contribution in [3.8, 4) is 5.75 Å². The smallest absolute Gasteiger partial charge is 0.121 e. The maximum Gasteiger partial charge on any atom is 0.121 e. The molecule has 1 aromatic carbocycles. The zero-order valence-corrected chi connectivity index (χ0v) is 8.36. The average molecular weight is 196 g/mol. The fourth-order valence-electron chi connectivity index (χ4n) is 1.33. The first-order valence-corrected chi connectivity index (χ1v) is 4.68. The standard InChI is InChI=1S/C11H16O3/c1-14-8-10-5-4-9(3-2-6-12)7-11(10)13/h4-5,7,12-13H,2-3,6,8H2,1H3. The summed E-state index contributed by atoms with van der Waals surface area (Å²) in [7, 11) is 1.60. The molecule has 0 bridgehead atoms. The normalized spacial score (nSPS) is 10.4. The number of ether oxygens (including phenoxy) is 1. The van der Waals surface area contributed by atoms with Gasteiger partial charge in [-0.05, 0) is 24.5 Å². The molecule has 0 saturated heterocycles. The van der Waals surface area contributed by atoms with Crippen LogP contribution in [0.1, 0.15) is 17.5 Å². The quantitative estimate of drug-likeness (QED) is 0.749. The largest absolute Gasteiger partial charge is 0.508 e. The average Bonchev–Trinajstić information content (AvgIpc) is 2.19. The summed E-state index contributed by atoms with van der Waals surface area (Å²) in [6, 6.07) is 5.53. The van der Waals surface area contributed by atoms with Crippen molar-refractivity contribution in [3.05, 3.63) is 29.3 Å². The molecule has 0 saturated carbocycles. The van der Waals surface area contributed by atoms with Crippen LogP contribution < -0.4 is 0 Å². The number of aliphatic hydroxyl groups excluding tert-OH is 1. The number of rotatable bonds is 5. The zero-order chi connectivity index (χ0) is 10.4. The lowest BCUT2D eigenvalue weighted by Gasteiger charge is -2.05. The van der Waals surface area contributed by atoms with Crippen LogP contribution in [0.15, 0.2) is 18.2 Å². The van der Waals surface area contributed by atoms with Gasteiger partial charge in [-0.25, -0.2) is 0 Å². The van der Waals surface area contributed by atoms with Crippen LogP contribution in [0.4, 0.5) is 0 Å². The Morgan fingerprint density at radius 3 is 2.71 bits per heavy atom. The van der Waals surface area contributed by atoms with E-state index in [1.165, 1.54) is 0 Å². The number of methoxy groups -OCH3 is 1. The molecule has 0 aromatic heterocycles. The molecule has 0 aliphatic heterocycles. The third-order valence-electron chi connectivity index (χ3n) is 2.07. The molecule has 0 aliphatic rings. The molecule has 1 aromatic rings. The van der Waals surface area contributed by atoms with E-state index >= 15 is 0 Å². The predicted octanol–water partition coefficient (Wildman–Crippen LogP) is 1.46. The fourth-order valence-corrected chi connectivity index (χ4v) is 1.33. The van der Waals surface area contributed by atoms with Gasteiger partial charge in [-0.1, -0.05) is 12.1 Å². The van der Waals surface area contributed by atoms with Crippen molar-refractivity contribution >= 4 is 0 Å². The van der Waals surface area contributed by atoms with Crippen molar-refractivity contribution in [2.24, 2.45) is 0 Å². The first-order valence-electron chi connectivity index (χ1n) is 4.68. The Balaban J connectivity index is 2.68. The van der Waals surface area contributed by atoms with Gasteiger partial charge in [0.1, 0.15) is 5.75 Å². The van der Waals surface area contributed by atoms with Gasteiger partial charge in [-0.2, -0.15) is 0 Å². The molecule has 14 heavy (non-hydrogen) atoms. The Labute approximate surface area is 84.0 Å². The molecule has 0 atom stereocenters. The van der Waals surface area contributed by atoms with Gasteiger partial charge in [-0.3, -0.25) is 0 Å². The van der Waals surface area contributed by atoms with Crippen LogP contribution in [0.5, 0.6) is 5.75 Å². The summed E-state index contributed by atoms with van der Waals surface area (Å²) in [4.78, 5) is 0. The van der Waals surface area contributed by atoms with Crippen LogP contribution in [-0.2, 0) is 17.8 Å². The minimum atomic E-state index is 0.181. The summed E-state index contributed by atoms with van der Waals surface area (Å²) in [5.41, 5.74) is 1.83. The highest BCUT2D eigenvalue weighted by molar-refractivity contribution is 5.36. The maximum atomic E-state index is 9.58. The van der Waals surface area contributed by atoms with E-state index in [-0.39, 0.29) is 12.4 Å². The van der Waals surface area contributed by atoms with Gasteiger partial charge in [0.2, 0.25) is 0 Å². The Hall–Kier alpha value is -1.06. The second-order valence-corrected chi connectivity index (χ2v) is 3.22. The van der Waals surface area contributed by atoms with Crippen LogP contribution in [0.3, 0.4) is 0 Å². The third kappa shape index (κ3) is 3.01. The molecule has 0 spiro atoms. The summed E-state index contributed by atoms with van der Waals surface area (Å²) in [5, 5.41) is 18.2. The van der Waals surface area contributed by atoms with Crippen LogP contribution in [-0.4, -0.2) is 23.9 Å². The number of phenolic OH excluding ortho intramolecular Hbond substituents is 1. The summed E-state index contributed by atoms with van der Waals surface area (Å²) in [5.74, 6) is 0.266. The lowest BCUT2D eigenvalue weighted by molar-refractivity contribution is 0.182. The van der Waals surface area contributed by atoms with Crippen LogP contribution >= 0.6 is 0 Å². The van der Waals surface area contributed by atoms with Crippen LogP contribution in [0, 0.1) is 0 Å². The molecule has 0 heterocycles. The minimum Gasteiger partial charge on any atom is -0.508 e. The lowest BCUT2D eigenvalue weighted by atomic mass is 10.1. The molecule has 3 heteroatoms. The molecule has 0 aliphatic carbocycles. The molecule has 0 fully saturated rings. The zero-order valence-electron chi connectivity index (χ0n) is 8.36. The van der Waals surface area contributed by atoms with Crippen molar-refractivity contribution < 1.29 is 14.9 Å². The van der Waals surface area contributed by atoms with E-state index in [0.29, 0.717) is 6.61 Å². The van der Waals surface area contributed by atoms with Crippen molar-refractivity contribution in [1.29, 1.82) is 0 Å². The number of benzene rings is 1. The van der Waals surface area contributed by atoms with Crippen LogP contribution in [0.25, 0.3) is 0 Å². The van der Waals surface area contributed by atoms with E-state index in [1.807, 2.05) is 12.1 Å². The van der Waals surface area contributed by atoms with Gasteiger partial charge < -0.3 is 14.9 Å². The van der Waals surface area contributed by atoms with E-state index in [4.69, 9.17) is 9.84 Å². The van der Waals surface area contributed by atoms with E-state index < -0.39 is 0 Å². The van der Waals surface area contributed by atoms with E-state index in [1.54, 1.807) is 13.2 Å². The van der Waals surface area contributed by atoms with Crippen molar-refractivity contribution in [2.45, 2.75) is 19.4 Å². The summed E-state index contributed by atoms with van der Waals surface area (Å²) in [6.07, 6.45) is 1.51. The van der Waals surface area contributed by atoms with Gasteiger partial charge in [0.05, 0.1) is 6.61 Å². The van der Waals surface area contributed by atoms with Crippen LogP contribution in [0.2, 0.25) is 0 Å². The second kappa shape index (κ2) is 5.62. The van der Waals surface area contributed by atoms with Gasteiger partial charge in [0.25, 0.3) is 0 Å². The summed E-state index contributed by atoms with van der Waals surface area (Å²) < 4.78 is 4.93. The highest BCUT2D eigenvalue weighted by Crippen LogP contribution is 2.20. The number of aromatic hydroxyl groups is 1. The molecule has 78 valence electrons. The Kier molecular flexibility index (Phi) is 4.43. The van der Waals surface area contributed by atoms with Crippen molar-refractivity contribution in [2.75, 3.05) is 13.7 Å². The van der Waals surface area contributed by atoms with Crippen molar-refractivity contribution in [1.82, 2.24) is 0 Å². The van der Waals surface area contributed by atoms with E-state index in [0.717, 1.165) is 24.0 Å². The first-order chi connectivity index (χ1) is 6.77. The number of aliphatic hydroxyl groups is 1. The molecular weight excluding hydrogens is 180 g/mol. The molecular formula is C11H16O3. The lowest BCUT2D eigenvalue weighted by Crippen LogP contribution is -1.92. The maximum absolute atomic E-state index is 9.58. The van der Waals surface area contributed by atoms with Gasteiger partial charge >= 0.3 is 0 Å². The molecule has 0 amide bonds. The topological polar surface area (TPSA) is 49.7 Å². The fraction of sp³-hybridized carbons (Fsp3) is 0.455. The number of aryl methyl sites for hydroxylation is 1. The second-order valence-electron chi connectivity index (χ2n) is 3.22. The molecule has 0 radical (unpaired) electrons. The highest BCUT2D eigenvalue weighted by atomic mass is 16.5. The van der Waals surface area contributed by atoms with Gasteiger partial charge in [-0.15, -0.1) is 0 Å². The summed E-state index contributed by atoms with van der Waals surface area (Å²) >= 11 is 0. The van der Waals surface area contributed by atoms with E-state index in [2.05, 4.69) is 0 Å². The third-order valence-corrected chi connectivity index (χ3v) is 2.07. The Bertz CT molecular complexity index is 284. The SMILES string of the molecule is COCc1ccc(CCCO)cc1O.